The lowest BCUT2D eigenvalue weighted by molar-refractivity contribution is 0.312. The number of hydrogen-bond acceptors (Lipinski definition) is 8. The van der Waals surface area contributed by atoms with Gasteiger partial charge in [0, 0.05) is 58.4 Å². The maximum Gasteiger partial charge on any atom is 0.243 e. The molecule has 0 saturated carbocycles. The standard InChI is InChI=1S/C20H28N6O3S/c1-23-7-9-24(10-8-23)19-15-20(22-16-21-19)25-11-13-26(14-12-25)30(27,28)18-5-3-17(29-2)4-6-18/h3-6,15-16H,7-14H2,1-2H3. The molecule has 2 aliphatic rings. The monoisotopic (exact) mass is 432 g/mol. The maximum absolute atomic E-state index is 12.9. The molecule has 0 bridgehead atoms. The number of sulfonamides is 1. The van der Waals surface area contributed by atoms with Gasteiger partial charge < -0.3 is 19.4 Å². The molecule has 2 saturated heterocycles. The van der Waals surface area contributed by atoms with Crippen molar-refractivity contribution < 1.29 is 13.2 Å². The quantitative estimate of drug-likeness (QED) is 0.685. The molecule has 10 heteroatoms. The minimum absolute atomic E-state index is 0.288. The Bertz CT molecular complexity index is 953. The van der Waals surface area contributed by atoms with E-state index in [2.05, 4.69) is 31.7 Å². The molecule has 2 fully saturated rings. The summed E-state index contributed by atoms with van der Waals surface area (Å²) in [6.07, 6.45) is 1.60. The molecule has 0 unspecified atom stereocenters. The van der Waals surface area contributed by atoms with Crippen LogP contribution >= 0.6 is 0 Å². The molecule has 2 aliphatic heterocycles. The zero-order valence-electron chi connectivity index (χ0n) is 17.4. The molecule has 30 heavy (non-hydrogen) atoms. The smallest absolute Gasteiger partial charge is 0.243 e. The van der Waals surface area contributed by atoms with Crippen LogP contribution in [0.15, 0.2) is 41.6 Å². The van der Waals surface area contributed by atoms with Crippen LogP contribution in [-0.2, 0) is 10.0 Å². The number of hydrogen-bond donors (Lipinski definition) is 0. The zero-order chi connectivity index (χ0) is 21.1. The summed E-state index contributed by atoms with van der Waals surface area (Å²) in [5.41, 5.74) is 0. The number of benzene rings is 1. The predicted molar refractivity (Wildman–Crippen MR) is 116 cm³/mol. The molecule has 162 valence electrons. The van der Waals surface area contributed by atoms with Crippen molar-refractivity contribution in [1.29, 1.82) is 0 Å². The van der Waals surface area contributed by atoms with E-state index < -0.39 is 10.0 Å². The molecule has 4 rings (SSSR count). The molecule has 0 N–H and O–H groups in total. The van der Waals surface area contributed by atoms with Crippen molar-refractivity contribution in [3.8, 4) is 5.75 Å². The first kappa shape index (κ1) is 20.8. The van der Waals surface area contributed by atoms with Gasteiger partial charge in [-0.25, -0.2) is 18.4 Å². The molecule has 0 aliphatic carbocycles. The van der Waals surface area contributed by atoms with Crippen LogP contribution in [0.4, 0.5) is 11.6 Å². The van der Waals surface area contributed by atoms with E-state index in [1.165, 1.54) is 4.31 Å². The highest BCUT2D eigenvalue weighted by Crippen LogP contribution is 2.23. The first-order valence-corrected chi connectivity index (χ1v) is 11.6. The number of likely N-dealkylation sites (N-methyl/N-ethyl adjacent to an activating group) is 1. The Labute approximate surface area is 177 Å². The fourth-order valence-corrected chi connectivity index (χ4v) is 5.20. The lowest BCUT2D eigenvalue weighted by Crippen LogP contribution is -2.49. The van der Waals surface area contributed by atoms with Gasteiger partial charge in [0.1, 0.15) is 23.7 Å². The van der Waals surface area contributed by atoms with Crippen molar-refractivity contribution in [3.63, 3.8) is 0 Å². The second-order valence-electron chi connectivity index (χ2n) is 7.59. The average molecular weight is 433 g/mol. The lowest BCUT2D eigenvalue weighted by atomic mass is 10.3. The van der Waals surface area contributed by atoms with Crippen molar-refractivity contribution in [3.05, 3.63) is 36.7 Å². The normalized spacial score (nSPS) is 19.1. The number of aromatic nitrogens is 2. The number of rotatable bonds is 5. The van der Waals surface area contributed by atoms with E-state index in [-0.39, 0.29) is 4.90 Å². The van der Waals surface area contributed by atoms with Gasteiger partial charge in [0.15, 0.2) is 0 Å². The Morgan fingerprint density at radius 2 is 1.37 bits per heavy atom. The predicted octanol–water partition coefficient (Wildman–Crippen LogP) is 0.748. The van der Waals surface area contributed by atoms with Gasteiger partial charge in [0.25, 0.3) is 0 Å². The molecule has 0 spiro atoms. The number of piperazine rings is 2. The van der Waals surface area contributed by atoms with Gasteiger partial charge in [-0.2, -0.15) is 4.31 Å². The van der Waals surface area contributed by atoms with Crippen molar-refractivity contribution in [2.75, 3.05) is 76.3 Å². The highest BCUT2D eigenvalue weighted by molar-refractivity contribution is 7.89. The molecule has 0 radical (unpaired) electrons. The Kier molecular flexibility index (Phi) is 6.07. The average Bonchev–Trinajstić information content (AvgIpc) is 2.80. The van der Waals surface area contributed by atoms with Crippen LogP contribution in [-0.4, -0.2) is 94.1 Å². The number of anilines is 2. The van der Waals surface area contributed by atoms with Gasteiger partial charge in [-0.15, -0.1) is 0 Å². The van der Waals surface area contributed by atoms with Crippen LogP contribution in [0.2, 0.25) is 0 Å². The summed E-state index contributed by atoms with van der Waals surface area (Å²) in [5, 5.41) is 0. The van der Waals surface area contributed by atoms with Crippen LogP contribution in [0.1, 0.15) is 0 Å². The van der Waals surface area contributed by atoms with Crippen LogP contribution in [0.5, 0.6) is 5.75 Å². The summed E-state index contributed by atoms with van der Waals surface area (Å²) < 4.78 is 32.5. The molecule has 0 amide bonds. The van der Waals surface area contributed by atoms with Gasteiger partial charge in [0.05, 0.1) is 12.0 Å². The summed E-state index contributed by atoms with van der Waals surface area (Å²) >= 11 is 0. The highest BCUT2D eigenvalue weighted by Gasteiger charge is 2.29. The molecular weight excluding hydrogens is 404 g/mol. The van der Waals surface area contributed by atoms with Crippen LogP contribution < -0.4 is 14.5 Å². The van der Waals surface area contributed by atoms with Gasteiger partial charge in [-0.3, -0.25) is 0 Å². The second-order valence-corrected chi connectivity index (χ2v) is 9.53. The first-order valence-electron chi connectivity index (χ1n) is 10.1. The third-order valence-corrected chi connectivity index (χ3v) is 7.64. The number of ether oxygens (including phenoxy) is 1. The molecule has 3 heterocycles. The second kappa shape index (κ2) is 8.75. The van der Waals surface area contributed by atoms with E-state index in [0.29, 0.717) is 31.9 Å². The van der Waals surface area contributed by atoms with Crippen molar-refractivity contribution in [2.45, 2.75) is 4.90 Å². The summed E-state index contributed by atoms with van der Waals surface area (Å²) in [4.78, 5) is 15.9. The molecular formula is C20H28N6O3S. The van der Waals surface area contributed by atoms with Crippen molar-refractivity contribution in [1.82, 2.24) is 19.2 Å². The Hall–Kier alpha value is -2.43. The van der Waals surface area contributed by atoms with E-state index in [1.54, 1.807) is 37.7 Å². The van der Waals surface area contributed by atoms with E-state index >= 15 is 0 Å². The van der Waals surface area contributed by atoms with E-state index in [0.717, 1.165) is 37.8 Å². The largest absolute Gasteiger partial charge is 0.497 e. The van der Waals surface area contributed by atoms with E-state index in [9.17, 15) is 8.42 Å². The van der Waals surface area contributed by atoms with Gasteiger partial charge in [0.2, 0.25) is 10.0 Å². The molecule has 0 atom stereocenters. The fraction of sp³-hybridized carbons (Fsp3) is 0.500. The third kappa shape index (κ3) is 4.35. The highest BCUT2D eigenvalue weighted by atomic mass is 32.2. The topological polar surface area (TPSA) is 82.1 Å². The minimum Gasteiger partial charge on any atom is -0.497 e. The van der Waals surface area contributed by atoms with E-state index in [4.69, 9.17) is 4.74 Å². The van der Waals surface area contributed by atoms with Crippen LogP contribution in [0, 0.1) is 0 Å². The van der Waals surface area contributed by atoms with Gasteiger partial charge in [-0.05, 0) is 31.3 Å². The van der Waals surface area contributed by atoms with Crippen molar-refractivity contribution in [2.24, 2.45) is 0 Å². The van der Waals surface area contributed by atoms with Crippen LogP contribution in [0.25, 0.3) is 0 Å². The summed E-state index contributed by atoms with van der Waals surface area (Å²) in [5.74, 6) is 2.42. The molecule has 2 aromatic rings. The van der Waals surface area contributed by atoms with Gasteiger partial charge >= 0.3 is 0 Å². The molecule has 1 aromatic carbocycles. The SMILES string of the molecule is COc1ccc(S(=O)(=O)N2CCN(c3cc(N4CCN(C)CC4)ncn3)CC2)cc1. The molecule has 9 nitrogen and oxygen atoms in total. The lowest BCUT2D eigenvalue weighted by Gasteiger charge is -2.36. The number of nitrogens with zero attached hydrogens (tertiary/aromatic N) is 6. The Morgan fingerprint density at radius 3 is 1.90 bits per heavy atom. The zero-order valence-corrected chi connectivity index (χ0v) is 18.3. The summed E-state index contributed by atoms with van der Waals surface area (Å²) in [6.45, 7) is 5.94. The summed E-state index contributed by atoms with van der Waals surface area (Å²) in [6, 6.07) is 8.54. The number of methoxy groups -OCH3 is 1. The first-order chi connectivity index (χ1) is 14.5. The Balaban J connectivity index is 1.41. The van der Waals surface area contributed by atoms with Crippen LogP contribution in [0.3, 0.4) is 0 Å². The summed E-state index contributed by atoms with van der Waals surface area (Å²) in [7, 11) is 0.170. The van der Waals surface area contributed by atoms with E-state index in [1.807, 2.05) is 6.07 Å². The Morgan fingerprint density at radius 1 is 0.833 bits per heavy atom. The maximum atomic E-state index is 12.9. The third-order valence-electron chi connectivity index (χ3n) is 5.73. The van der Waals surface area contributed by atoms with Crippen molar-refractivity contribution >= 4 is 21.7 Å². The van der Waals surface area contributed by atoms with Gasteiger partial charge in [-0.1, -0.05) is 0 Å². The molecule has 1 aromatic heterocycles. The fourth-order valence-electron chi connectivity index (χ4n) is 3.77. The minimum atomic E-state index is -3.52.